The molecule has 150 valence electrons. The molecular formula is C23H24ClN3O2. The molecule has 1 aromatic heterocycles. The van der Waals surface area contributed by atoms with E-state index in [1.54, 1.807) is 6.08 Å². The van der Waals surface area contributed by atoms with Gasteiger partial charge in [-0.25, -0.2) is 4.79 Å². The monoisotopic (exact) mass is 409 g/mol. The van der Waals surface area contributed by atoms with Gasteiger partial charge in [0, 0.05) is 72.2 Å². The number of ether oxygens (including phenoxy) is 1. The van der Waals surface area contributed by atoms with Crippen LogP contribution in [0.3, 0.4) is 0 Å². The normalized spacial score (nSPS) is 15.3. The third-order valence-electron chi connectivity index (χ3n) is 5.24. The molecule has 2 aromatic carbocycles. The van der Waals surface area contributed by atoms with E-state index in [0.717, 1.165) is 54.2 Å². The number of piperazine rings is 1. The Morgan fingerprint density at radius 2 is 1.83 bits per heavy atom. The second kappa shape index (κ2) is 9.16. The Hall–Kier alpha value is -2.76. The second-order valence-electron chi connectivity index (χ2n) is 7.10. The highest BCUT2D eigenvalue weighted by Gasteiger charge is 2.17. The van der Waals surface area contributed by atoms with Crippen molar-refractivity contribution in [3.05, 3.63) is 71.4 Å². The van der Waals surface area contributed by atoms with Crippen molar-refractivity contribution in [2.75, 3.05) is 44.2 Å². The lowest BCUT2D eigenvalue weighted by atomic mass is 10.1. The Labute approximate surface area is 175 Å². The van der Waals surface area contributed by atoms with Crippen LogP contribution in [0.1, 0.15) is 5.56 Å². The van der Waals surface area contributed by atoms with Gasteiger partial charge in [-0.15, -0.1) is 0 Å². The van der Waals surface area contributed by atoms with E-state index in [4.69, 9.17) is 16.3 Å². The predicted octanol–water partition coefficient (Wildman–Crippen LogP) is 4.20. The fourth-order valence-electron chi connectivity index (χ4n) is 3.59. The van der Waals surface area contributed by atoms with Gasteiger partial charge in [-0.1, -0.05) is 29.8 Å². The topological polar surface area (TPSA) is 48.6 Å². The average Bonchev–Trinajstić information content (AvgIpc) is 3.17. The number of carbonyl (C=O) groups excluding carboxylic acids is 1. The number of aromatic nitrogens is 1. The molecule has 5 nitrogen and oxygen atoms in total. The first-order chi connectivity index (χ1) is 14.2. The fourth-order valence-corrected chi connectivity index (χ4v) is 3.72. The summed E-state index contributed by atoms with van der Waals surface area (Å²) >= 11 is 5.96. The number of fused-ring (bicyclic) bond motifs is 1. The zero-order valence-corrected chi connectivity index (χ0v) is 16.9. The van der Waals surface area contributed by atoms with Crippen LogP contribution in [-0.2, 0) is 9.53 Å². The van der Waals surface area contributed by atoms with Crippen LogP contribution in [0.5, 0.6) is 0 Å². The molecule has 0 atom stereocenters. The first kappa shape index (κ1) is 19.6. The van der Waals surface area contributed by atoms with Gasteiger partial charge in [0.15, 0.2) is 0 Å². The molecule has 1 aliphatic rings. The molecule has 0 bridgehead atoms. The summed E-state index contributed by atoms with van der Waals surface area (Å²) in [6, 6.07) is 16.0. The molecular weight excluding hydrogens is 386 g/mol. The van der Waals surface area contributed by atoms with Gasteiger partial charge in [-0.3, -0.25) is 4.90 Å². The Kier molecular flexibility index (Phi) is 6.17. The van der Waals surface area contributed by atoms with Gasteiger partial charge in [0.25, 0.3) is 0 Å². The molecule has 6 heteroatoms. The van der Waals surface area contributed by atoms with Crippen LogP contribution >= 0.6 is 11.6 Å². The van der Waals surface area contributed by atoms with E-state index in [9.17, 15) is 4.79 Å². The molecule has 1 N–H and O–H groups in total. The first-order valence-electron chi connectivity index (χ1n) is 9.83. The number of carbonyl (C=O) groups is 1. The minimum atomic E-state index is -0.310. The van der Waals surface area contributed by atoms with Crippen molar-refractivity contribution in [2.24, 2.45) is 0 Å². The number of nitrogens with zero attached hydrogens (tertiary/aromatic N) is 2. The number of rotatable bonds is 6. The maximum atomic E-state index is 12.0. The van der Waals surface area contributed by atoms with Crippen molar-refractivity contribution in [3.8, 4) is 0 Å². The number of benzene rings is 2. The lowest BCUT2D eigenvalue weighted by Gasteiger charge is -2.35. The zero-order chi connectivity index (χ0) is 20.1. The second-order valence-corrected chi connectivity index (χ2v) is 7.53. The Bertz CT molecular complexity index is 989. The Balaban J connectivity index is 1.19. The van der Waals surface area contributed by atoms with Crippen LogP contribution in [0.15, 0.2) is 60.8 Å². The van der Waals surface area contributed by atoms with Crippen LogP contribution in [0, 0.1) is 0 Å². The first-order valence-corrected chi connectivity index (χ1v) is 10.2. The quantitative estimate of drug-likeness (QED) is 0.489. The smallest absolute Gasteiger partial charge is 0.330 e. The van der Waals surface area contributed by atoms with Crippen molar-refractivity contribution in [1.82, 2.24) is 9.88 Å². The summed E-state index contributed by atoms with van der Waals surface area (Å²) in [5.41, 5.74) is 3.23. The van der Waals surface area contributed by atoms with Crippen molar-refractivity contribution in [1.29, 1.82) is 0 Å². The van der Waals surface area contributed by atoms with Crippen molar-refractivity contribution >= 4 is 40.2 Å². The average molecular weight is 410 g/mol. The number of hydrogen-bond donors (Lipinski definition) is 1. The number of para-hydroxylation sites is 1. The van der Waals surface area contributed by atoms with Crippen molar-refractivity contribution < 1.29 is 9.53 Å². The highest BCUT2D eigenvalue weighted by molar-refractivity contribution is 6.30. The number of aromatic amines is 1. The minimum absolute atomic E-state index is 0.310. The summed E-state index contributed by atoms with van der Waals surface area (Å²) in [7, 11) is 0. The predicted molar refractivity (Wildman–Crippen MR) is 118 cm³/mol. The van der Waals surface area contributed by atoms with E-state index in [2.05, 4.69) is 26.9 Å². The summed E-state index contributed by atoms with van der Waals surface area (Å²) < 4.78 is 5.37. The van der Waals surface area contributed by atoms with E-state index in [0.29, 0.717) is 6.61 Å². The highest BCUT2D eigenvalue weighted by Crippen LogP contribution is 2.20. The van der Waals surface area contributed by atoms with Crippen molar-refractivity contribution in [2.45, 2.75) is 0 Å². The molecule has 1 aliphatic heterocycles. The summed E-state index contributed by atoms with van der Waals surface area (Å²) in [5.74, 6) is -0.310. The van der Waals surface area contributed by atoms with Crippen molar-refractivity contribution in [3.63, 3.8) is 0 Å². The van der Waals surface area contributed by atoms with Gasteiger partial charge in [0.1, 0.15) is 6.61 Å². The molecule has 1 saturated heterocycles. The van der Waals surface area contributed by atoms with Gasteiger partial charge in [-0.05, 0) is 36.4 Å². The number of esters is 1. The molecule has 4 rings (SSSR count). The zero-order valence-electron chi connectivity index (χ0n) is 16.2. The largest absolute Gasteiger partial charge is 0.461 e. The van der Waals surface area contributed by atoms with E-state index >= 15 is 0 Å². The molecule has 0 spiro atoms. The summed E-state index contributed by atoms with van der Waals surface area (Å²) in [6.07, 6.45) is 5.19. The Morgan fingerprint density at radius 1 is 1.07 bits per heavy atom. The summed E-state index contributed by atoms with van der Waals surface area (Å²) in [5, 5.41) is 1.85. The molecule has 0 aliphatic carbocycles. The number of H-pyrrole nitrogens is 1. The molecule has 0 saturated carbocycles. The number of halogens is 1. The highest BCUT2D eigenvalue weighted by atomic mass is 35.5. The van der Waals surface area contributed by atoms with Crippen LogP contribution in [0.2, 0.25) is 5.02 Å². The maximum absolute atomic E-state index is 12.0. The lowest BCUT2D eigenvalue weighted by molar-refractivity contribution is -0.138. The third kappa shape index (κ3) is 5.00. The van der Waals surface area contributed by atoms with Gasteiger partial charge in [-0.2, -0.15) is 0 Å². The molecule has 3 aromatic rings. The van der Waals surface area contributed by atoms with Gasteiger partial charge in [0.05, 0.1) is 0 Å². The molecule has 29 heavy (non-hydrogen) atoms. The third-order valence-corrected chi connectivity index (χ3v) is 5.49. The van der Waals surface area contributed by atoms with Crippen LogP contribution in [0.4, 0.5) is 5.69 Å². The van der Waals surface area contributed by atoms with E-state index in [1.165, 1.54) is 11.8 Å². The lowest BCUT2D eigenvalue weighted by Crippen LogP contribution is -2.47. The van der Waals surface area contributed by atoms with E-state index in [-0.39, 0.29) is 5.97 Å². The minimum Gasteiger partial charge on any atom is -0.461 e. The number of hydrogen-bond acceptors (Lipinski definition) is 4. The molecule has 0 radical (unpaired) electrons. The van der Waals surface area contributed by atoms with Gasteiger partial charge >= 0.3 is 5.97 Å². The van der Waals surface area contributed by atoms with E-state index < -0.39 is 0 Å². The summed E-state index contributed by atoms with van der Waals surface area (Å²) in [4.78, 5) is 19.9. The standard InChI is InChI=1S/C23H24ClN3O2/c24-19-6-8-20(9-7-19)27-13-11-26(12-14-27)15-16-29-23(28)10-5-18-17-25-22-4-2-1-3-21(18)22/h1-10,17,25H,11-16H2. The summed E-state index contributed by atoms with van der Waals surface area (Å²) in [6.45, 7) is 4.96. The van der Waals surface area contributed by atoms with Gasteiger partial charge in [0.2, 0.25) is 0 Å². The number of anilines is 1. The molecule has 0 unspecified atom stereocenters. The van der Waals surface area contributed by atoms with Crippen LogP contribution in [-0.4, -0.2) is 55.2 Å². The molecule has 2 heterocycles. The van der Waals surface area contributed by atoms with E-state index in [1.807, 2.05) is 42.6 Å². The van der Waals surface area contributed by atoms with Crippen LogP contribution in [0.25, 0.3) is 17.0 Å². The Morgan fingerprint density at radius 3 is 2.62 bits per heavy atom. The molecule has 1 fully saturated rings. The fraction of sp³-hybridized carbons (Fsp3) is 0.261. The SMILES string of the molecule is O=C(C=Cc1c[nH]c2ccccc12)OCCN1CCN(c2ccc(Cl)cc2)CC1. The van der Waals surface area contributed by atoms with Crippen LogP contribution < -0.4 is 4.90 Å². The number of nitrogens with one attached hydrogen (secondary N) is 1. The maximum Gasteiger partial charge on any atom is 0.330 e. The van der Waals surface area contributed by atoms with Gasteiger partial charge < -0.3 is 14.6 Å². The molecule has 0 amide bonds.